The maximum absolute atomic E-state index is 14.1. The van der Waals surface area contributed by atoms with E-state index in [4.69, 9.17) is 9.47 Å². The predicted molar refractivity (Wildman–Crippen MR) is 165 cm³/mol. The van der Waals surface area contributed by atoms with Gasteiger partial charge in [0, 0.05) is 21.0 Å². The molecule has 4 aromatic rings. The van der Waals surface area contributed by atoms with Crippen LogP contribution in [-0.2, 0) is 20.9 Å². The van der Waals surface area contributed by atoms with Crippen LogP contribution in [-0.4, -0.2) is 41.8 Å². The summed E-state index contributed by atoms with van der Waals surface area (Å²) in [5, 5.41) is 2.28. The number of thiazole rings is 1. The number of amides is 3. The average Bonchev–Trinajstić information content (AvgIpc) is 3.44. The Morgan fingerprint density at radius 1 is 0.953 bits per heavy atom. The van der Waals surface area contributed by atoms with Crippen LogP contribution in [0.1, 0.15) is 16.4 Å². The highest BCUT2D eigenvalue weighted by atomic mass is 79.9. The minimum atomic E-state index is -0.845. The normalized spacial score (nSPS) is 19.2. The number of imide groups is 1. The molecule has 3 amide bonds. The van der Waals surface area contributed by atoms with Crippen LogP contribution in [0.25, 0.3) is 0 Å². The largest absolute Gasteiger partial charge is 0.493 e. The van der Waals surface area contributed by atoms with Gasteiger partial charge in [-0.3, -0.25) is 23.7 Å². The number of fused-ring (bicyclic) bond motifs is 2. The minimum Gasteiger partial charge on any atom is -0.493 e. The summed E-state index contributed by atoms with van der Waals surface area (Å²) in [7, 11) is 3.02. The highest BCUT2D eigenvalue weighted by molar-refractivity contribution is 9.10. The monoisotopic (exact) mass is 683 g/mol. The van der Waals surface area contributed by atoms with Crippen LogP contribution in [0, 0.1) is 11.7 Å². The number of methoxy groups -OCH3 is 2. The van der Waals surface area contributed by atoms with Crippen LogP contribution in [0.3, 0.4) is 0 Å². The van der Waals surface area contributed by atoms with E-state index in [2.05, 4.69) is 21.2 Å². The van der Waals surface area contributed by atoms with Crippen LogP contribution in [0.15, 0.2) is 81.0 Å². The standard InChI is InChI=1S/C30H23BrFN3O6S2/c1-40-20-12-3-15(13-21(20)41-2)23-24-25(28(38)35(27(24)37)19-10-4-16(31)5-11-19)42-29-26(23)43-30(39)34(29)14-22(36)33-18-8-6-17(32)7-9-18/h3-13,23-25H,14H2,1-2H3,(H,33,36)/t23-,24-,25+/m0/s1. The van der Waals surface area contributed by atoms with Gasteiger partial charge in [0.15, 0.2) is 11.5 Å². The molecule has 43 heavy (non-hydrogen) atoms. The molecule has 1 saturated heterocycles. The van der Waals surface area contributed by atoms with Gasteiger partial charge in [0.1, 0.15) is 17.6 Å². The Balaban J connectivity index is 1.43. The number of carbonyl (C=O) groups is 3. The summed E-state index contributed by atoms with van der Waals surface area (Å²) in [6.45, 7) is -0.330. The molecule has 3 aromatic carbocycles. The van der Waals surface area contributed by atoms with Crippen LogP contribution in [0.4, 0.5) is 15.8 Å². The Morgan fingerprint density at radius 2 is 1.65 bits per heavy atom. The maximum atomic E-state index is 14.1. The Kier molecular flexibility index (Phi) is 7.88. The first-order chi connectivity index (χ1) is 20.7. The van der Waals surface area contributed by atoms with Crippen molar-refractivity contribution in [1.82, 2.24) is 4.57 Å². The third-order valence-corrected chi connectivity index (χ3v) is 10.5. The summed E-state index contributed by atoms with van der Waals surface area (Å²) in [5.41, 5.74) is 1.48. The molecule has 1 fully saturated rings. The quantitative estimate of drug-likeness (QED) is 0.265. The van der Waals surface area contributed by atoms with Gasteiger partial charge in [-0.15, -0.1) is 0 Å². The average molecular weight is 685 g/mol. The highest BCUT2D eigenvalue weighted by Crippen LogP contribution is 2.54. The minimum absolute atomic E-state index is 0.330. The summed E-state index contributed by atoms with van der Waals surface area (Å²) in [5.74, 6) is -2.28. The fourth-order valence-corrected chi connectivity index (χ4v) is 8.42. The first kappa shape index (κ1) is 29.1. The molecule has 0 saturated carbocycles. The van der Waals surface area contributed by atoms with E-state index >= 15 is 0 Å². The van der Waals surface area contributed by atoms with Gasteiger partial charge < -0.3 is 14.8 Å². The number of benzene rings is 3. The van der Waals surface area contributed by atoms with Gasteiger partial charge in [0.2, 0.25) is 17.7 Å². The molecule has 13 heteroatoms. The van der Waals surface area contributed by atoms with E-state index < -0.39 is 39.6 Å². The zero-order valence-electron chi connectivity index (χ0n) is 22.7. The number of carbonyl (C=O) groups excluding carboxylic acids is 3. The first-order valence-corrected chi connectivity index (χ1v) is 15.5. The fourth-order valence-electron chi connectivity index (χ4n) is 5.38. The maximum Gasteiger partial charge on any atom is 0.308 e. The number of thioether (sulfide) groups is 1. The molecule has 0 aliphatic carbocycles. The summed E-state index contributed by atoms with van der Waals surface area (Å²) >= 11 is 5.45. The molecule has 0 unspecified atom stereocenters. The summed E-state index contributed by atoms with van der Waals surface area (Å²) in [6, 6.07) is 17.4. The number of aromatic nitrogens is 1. The zero-order chi connectivity index (χ0) is 30.4. The molecular weight excluding hydrogens is 661 g/mol. The fraction of sp³-hybridized carbons (Fsp3) is 0.200. The number of rotatable bonds is 7. The topological polar surface area (TPSA) is 107 Å². The second kappa shape index (κ2) is 11.6. The molecule has 1 N–H and O–H groups in total. The number of hydrogen-bond acceptors (Lipinski definition) is 8. The van der Waals surface area contributed by atoms with E-state index in [1.165, 1.54) is 48.0 Å². The Bertz CT molecular complexity index is 1810. The third kappa shape index (κ3) is 5.25. The summed E-state index contributed by atoms with van der Waals surface area (Å²) in [6.07, 6.45) is 0. The molecule has 3 atom stereocenters. The Morgan fingerprint density at radius 3 is 2.33 bits per heavy atom. The number of halogens is 2. The van der Waals surface area contributed by atoms with E-state index in [0.717, 1.165) is 27.6 Å². The molecule has 2 aliphatic heterocycles. The van der Waals surface area contributed by atoms with Crippen LogP contribution < -0.4 is 24.6 Å². The van der Waals surface area contributed by atoms with Gasteiger partial charge in [-0.1, -0.05) is 45.1 Å². The van der Waals surface area contributed by atoms with Crippen LogP contribution in [0.5, 0.6) is 11.5 Å². The van der Waals surface area contributed by atoms with Crippen molar-refractivity contribution in [1.29, 1.82) is 0 Å². The lowest BCUT2D eigenvalue weighted by molar-refractivity contribution is -0.122. The molecule has 3 heterocycles. The highest BCUT2D eigenvalue weighted by Gasteiger charge is 2.57. The predicted octanol–water partition coefficient (Wildman–Crippen LogP) is 5.26. The second-order valence-corrected chi connectivity index (χ2v) is 12.9. The van der Waals surface area contributed by atoms with Crippen molar-refractivity contribution in [2.45, 2.75) is 22.7 Å². The molecule has 0 bridgehead atoms. The molecule has 2 aliphatic rings. The van der Waals surface area contributed by atoms with Crippen LogP contribution in [0.2, 0.25) is 0 Å². The lowest BCUT2D eigenvalue weighted by atomic mass is 9.83. The van der Waals surface area contributed by atoms with Crippen molar-refractivity contribution >= 4 is 68.1 Å². The van der Waals surface area contributed by atoms with Crippen molar-refractivity contribution in [3.63, 3.8) is 0 Å². The van der Waals surface area contributed by atoms with E-state index in [0.29, 0.717) is 38.3 Å². The van der Waals surface area contributed by atoms with Crippen molar-refractivity contribution in [2.24, 2.45) is 5.92 Å². The van der Waals surface area contributed by atoms with Gasteiger partial charge in [0.05, 0.1) is 30.9 Å². The molecule has 6 rings (SSSR count). The lowest BCUT2D eigenvalue weighted by Crippen LogP contribution is -2.33. The van der Waals surface area contributed by atoms with Crippen molar-refractivity contribution < 1.29 is 28.2 Å². The lowest BCUT2D eigenvalue weighted by Gasteiger charge is -2.31. The van der Waals surface area contributed by atoms with Crippen molar-refractivity contribution in [3.8, 4) is 11.5 Å². The number of nitrogens with one attached hydrogen (secondary N) is 1. The van der Waals surface area contributed by atoms with Gasteiger partial charge in [-0.05, 0) is 66.2 Å². The number of nitrogens with zero attached hydrogens (tertiary/aromatic N) is 2. The molecule has 9 nitrogen and oxygen atoms in total. The summed E-state index contributed by atoms with van der Waals surface area (Å²) in [4.78, 5) is 55.7. The van der Waals surface area contributed by atoms with Gasteiger partial charge in [-0.25, -0.2) is 9.29 Å². The molecule has 0 spiro atoms. The van der Waals surface area contributed by atoms with Crippen molar-refractivity contribution in [2.75, 3.05) is 24.4 Å². The van der Waals surface area contributed by atoms with E-state index in [9.17, 15) is 23.6 Å². The third-order valence-electron chi connectivity index (χ3n) is 7.33. The number of anilines is 2. The first-order valence-electron chi connectivity index (χ1n) is 13.0. The number of ether oxygens (including phenoxy) is 2. The molecule has 1 aromatic heterocycles. The molecule has 0 radical (unpaired) electrons. The van der Waals surface area contributed by atoms with Crippen LogP contribution >= 0.6 is 39.0 Å². The number of hydrogen-bond donors (Lipinski definition) is 1. The molecule has 220 valence electrons. The van der Waals surface area contributed by atoms with E-state index in [-0.39, 0.29) is 12.5 Å². The second-order valence-electron chi connectivity index (χ2n) is 9.82. The van der Waals surface area contributed by atoms with E-state index in [1.807, 2.05) is 0 Å². The zero-order valence-corrected chi connectivity index (χ0v) is 25.9. The summed E-state index contributed by atoms with van der Waals surface area (Å²) < 4.78 is 26.4. The Labute approximate surface area is 261 Å². The molecular formula is C30H23BrFN3O6S2. The smallest absolute Gasteiger partial charge is 0.308 e. The van der Waals surface area contributed by atoms with Gasteiger partial charge in [0.25, 0.3) is 0 Å². The van der Waals surface area contributed by atoms with Gasteiger partial charge >= 0.3 is 4.87 Å². The van der Waals surface area contributed by atoms with Gasteiger partial charge in [-0.2, -0.15) is 0 Å². The van der Waals surface area contributed by atoms with E-state index in [1.54, 1.807) is 42.5 Å². The van der Waals surface area contributed by atoms with Crippen molar-refractivity contribution in [3.05, 3.63) is 97.1 Å². The SMILES string of the molecule is COc1ccc([C@@H]2c3sc(=O)n(CC(=O)Nc4ccc(F)cc4)c3S[C@H]3C(=O)N(c4ccc(Br)cc4)C(=O)[C@@H]23)cc1OC. The Hall–Kier alpha value is -3.94.